The molecule has 2 N–H and O–H groups in total. The molecule has 0 aliphatic carbocycles. The highest BCUT2D eigenvalue weighted by molar-refractivity contribution is 5.98. The van der Waals surface area contributed by atoms with Gasteiger partial charge in [-0.3, -0.25) is 10.1 Å². The number of fused-ring (bicyclic) bond motifs is 1. The van der Waals surface area contributed by atoms with E-state index < -0.39 is 6.04 Å². The largest absolute Gasteiger partial charge is 0.461 e. The number of nitrogens with one attached hydrogen (secondary N) is 2. The molecule has 1 aliphatic rings. The van der Waals surface area contributed by atoms with Crippen molar-refractivity contribution in [3.63, 3.8) is 0 Å². The molecule has 1 atom stereocenters. The summed E-state index contributed by atoms with van der Waals surface area (Å²) in [6.45, 7) is 3.18. The number of rotatable bonds is 4. The lowest BCUT2D eigenvalue weighted by Gasteiger charge is -2.23. The van der Waals surface area contributed by atoms with E-state index in [-0.39, 0.29) is 11.9 Å². The number of carbonyl (C=O) groups excluding carboxylic acids is 1. The number of furan rings is 1. The molecular weight excluding hydrogens is 390 g/mol. The Bertz CT molecular complexity index is 1130. The van der Waals surface area contributed by atoms with E-state index in [1.54, 1.807) is 0 Å². The summed E-state index contributed by atoms with van der Waals surface area (Å²) in [6, 6.07) is 17.0. The van der Waals surface area contributed by atoms with Gasteiger partial charge in [0.05, 0.1) is 0 Å². The Morgan fingerprint density at radius 1 is 1.23 bits per heavy atom. The maximum absolute atomic E-state index is 13.2. The van der Waals surface area contributed by atoms with Gasteiger partial charge in [-0.2, -0.15) is 5.26 Å². The number of anilines is 1. The van der Waals surface area contributed by atoms with Crippen LogP contribution in [0.2, 0.25) is 0 Å². The first-order chi connectivity index (χ1) is 15.1. The third-order valence-corrected chi connectivity index (χ3v) is 5.33. The molecule has 1 aliphatic heterocycles. The van der Waals surface area contributed by atoms with E-state index in [0.29, 0.717) is 19.5 Å². The van der Waals surface area contributed by atoms with Crippen LogP contribution >= 0.6 is 0 Å². The molecule has 0 bridgehead atoms. The fourth-order valence-electron chi connectivity index (χ4n) is 3.86. The van der Waals surface area contributed by atoms with Gasteiger partial charge < -0.3 is 14.6 Å². The minimum Gasteiger partial charge on any atom is -0.461 e. The number of amides is 1. The molecule has 1 aromatic heterocycles. The number of nitriles is 1. The molecule has 1 saturated heterocycles. The molecule has 0 spiro atoms. The second kappa shape index (κ2) is 9.35. The van der Waals surface area contributed by atoms with E-state index in [2.05, 4.69) is 15.6 Å². The van der Waals surface area contributed by atoms with Gasteiger partial charge >= 0.3 is 0 Å². The molecule has 7 heteroatoms. The van der Waals surface area contributed by atoms with Gasteiger partial charge in [0.25, 0.3) is 0 Å². The predicted octanol–water partition coefficient (Wildman–Crippen LogP) is 4.16. The Balaban J connectivity index is 1.54. The second-order valence-corrected chi connectivity index (χ2v) is 7.71. The van der Waals surface area contributed by atoms with Gasteiger partial charge in [0.15, 0.2) is 6.19 Å². The van der Waals surface area contributed by atoms with Gasteiger partial charge in [0.1, 0.15) is 17.4 Å². The summed E-state index contributed by atoms with van der Waals surface area (Å²) < 4.78 is 5.61. The Kier molecular flexibility index (Phi) is 6.18. The predicted molar refractivity (Wildman–Crippen MR) is 120 cm³/mol. The van der Waals surface area contributed by atoms with Crippen molar-refractivity contribution in [2.45, 2.75) is 38.8 Å². The molecule has 1 fully saturated rings. The Morgan fingerprint density at radius 2 is 2.06 bits per heavy atom. The molecule has 0 radical (unpaired) electrons. The number of hydrogen-bond donors (Lipinski definition) is 2. The molecule has 1 amide bonds. The summed E-state index contributed by atoms with van der Waals surface area (Å²) in [7, 11) is 0. The topological polar surface area (TPSA) is 93.7 Å². The lowest BCUT2D eigenvalue weighted by Crippen LogP contribution is -2.38. The molecule has 3 aromatic rings. The Labute approximate surface area is 181 Å². The van der Waals surface area contributed by atoms with E-state index in [0.717, 1.165) is 40.8 Å². The van der Waals surface area contributed by atoms with Gasteiger partial charge in [-0.1, -0.05) is 30.3 Å². The SMILES string of the molecule is Cc1cc2cc(NC(=N[C@H]3CCCCN(Cc4ccccc4)C3=O)NC#N)ccc2o1. The highest BCUT2D eigenvalue weighted by Crippen LogP contribution is 2.23. The lowest BCUT2D eigenvalue weighted by atomic mass is 10.1. The second-order valence-electron chi connectivity index (χ2n) is 7.71. The van der Waals surface area contributed by atoms with E-state index in [1.165, 1.54) is 0 Å². The van der Waals surface area contributed by atoms with Gasteiger partial charge in [-0.05, 0) is 56.0 Å². The Hall–Kier alpha value is -3.79. The van der Waals surface area contributed by atoms with E-state index in [9.17, 15) is 10.1 Å². The van der Waals surface area contributed by atoms with E-state index in [4.69, 9.17) is 4.42 Å². The van der Waals surface area contributed by atoms with Crippen molar-refractivity contribution in [3.05, 3.63) is 65.9 Å². The van der Waals surface area contributed by atoms with E-state index in [1.807, 2.05) is 72.6 Å². The van der Waals surface area contributed by atoms with Crippen molar-refractivity contribution in [1.82, 2.24) is 10.2 Å². The number of aryl methyl sites for hydroxylation is 1. The zero-order valence-corrected chi connectivity index (χ0v) is 17.5. The monoisotopic (exact) mass is 415 g/mol. The smallest absolute Gasteiger partial charge is 0.247 e. The van der Waals surface area contributed by atoms with Crippen LogP contribution in [0.1, 0.15) is 30.6 Å². The van der Waals surface area contributed by atoms with Crippen LogP contribution in [0.15, 0.2) is 64.0 Å². The number of nitrogens with zero attached hydrogens (tertiary/aromatic N) is 3. The van der Waals surface area contributed by atoms with Gasteiger partial charge in [0.2, 0.25) is 11.9 Å². The number of benzene rings is 2. The van der Waals surface area contributed by atoms with Crippen LogP contribution in [0, 0.1) is 18.4 Å². The highest BCUT2D eigenvalue weighted by Gasteiger charge is 2.27. The first kappa shape index (κ1) is 20.5. The third-order valence-electron chi connectivity index (χ3n) is 5.33. The number of guanidine groups is 1. The van der Waals surface area contributed by atoms with Crippen LogP contribution < -0.4 is 10.6 Å². The molecule has 0 saturated carbocycles. The summed E-state index contributed by atoms with van der Waals surface area (Å²) in [5, 5.41) is 15.9. The van der Waals surface area contributed by atoms with Crippen LogP contribution in [0.3, 0.4) is 0 Å². The van der Waals surface area contributed by atoms with Gasteiger partial charge in [-0.15, -0.1) is 0 Å². The normalized spacial score (nSPS) is 17.3. The molecule has 0 unspecified atom stereocenters. The van der Waals surface area contributed by atoms with Crippen molar-refractivity contribution in [3.8, 4) is 6.19 Å². The zero-order valence-electron chi connectivity index (χ0n) is 17.5. The zero-order chi connectivity index (χ0) is 21.6. The maximum atomic E-state index is 13.2. The Morgan fingerprint density at radius 3 is 2.87 bits per heavy atom. The summed E-state index contributed by atoms with van der Waals surface area (Å²) in [4.78, 5) is 19.6. The number of likely N-dealkylation sites (tertiary alicyclic amines) is 1. The standard InChI is InChI=1S/C24H25N5O2/c1-17-13-19-14-20(10-11-22(19)31-17)27-24(26-16-25)28-21-9-5-6-12-29(23(21)30)15-18-7-3-2-4-8-18/h2-4,7-8,10-11,13-14,21H,5-6,9,12,15H2,1H3,(H2,26,27,28)/t21-/m0/s1. The van der Waals surface area contributed by atoms with Crippen molar-refractivity contribution in [2.24, 2.45) is 4.99 Å². The maximum Gasteiger partial charge on any atom is 0.247 e. The molecule has 2 heterocycles. The quantitative estimate of drug-likeness (QED) is 0.289. The number of carbonyl (C=O) groups is 1. The van der Waals surface area contributed by atoms with Gasteiger partial charge in [-0.25, -0.2) is 4.99 Å². The molecule has 31 heavy (non-hydrogen) atoms. The van der Waals surface area contributed by atoms with Crippen LogP contribution in [0.5, 0.6) is 0 Å². The summed E-state index contributed by atoms with van der Waals surface area (Å²) in [6.07, 6.45) is 4.42. The fraction of sp³-hybridized carbons (Fsp3) is 0.292. The number of hydrogen-bond acceptors (Lipinski definition) is 4. The average Bonchev–Trinajstić information content (AvgIpc) is 3.06. The summed E-state index contributed by atoms with van der Waals surface area (Å²) in [5.41, 5.74) is 2.65. The third kappa shape index (κ3) is 5.04. The van der Waals surface area contributed by atoms with Crippen LogP contribution in [0.25, 0.3) is 11.0 Å². The van der Waals surface area contributed by atoms with Crippen molar-refractivity contribution >= 4 is 28.5 Å². The molecule has 7 nitrogen and oxygen atoms in total. The highest BCUT2D eigenvalue weighted by atomic mass is 16.3. The van der Waals surface area contributed by atoms with E-state index >= 15 is 0 Å². The number of aliphatic imine (C=N–C) groups is 1. The fourth-order valence-corrected chi connectivity index (χ4v) is 3.86. The molecular formula is C24H25N5O2. The van der Waals surface area contributed by atoms with Crippen LogP contribution in [0.4, 0.5) is 5.69 Å². The minimum absolute atomic E-state index is 0.0127. The molecule has 2 aromatic carbocycles. The first-order valence-electron chi connectivity index (χ1n) is 10.5. The lowest BCUT2D eigenvalue weighted by molar-refractivity contribution is -0.132. The first-order valence-corrected chi connectivity index (χ1v) is 10.5. The van der Waals surface area contributed by atoms with Crippen LogP contribution in [-0.2, 0) is 11.3 Å². The van der Waals surface area contributed by atoms with Crippen molar-refractivity contribution in [2.75, 3.05) is 11.9 Å². The minimum atomic E-state index is -0.533. The van der Waals surface area contributed by atoms with Crippen molar-refractivity contribution in [1.29, 1.82) is 5.26 Å². The van der Waals surface area contributed by atoms with Crippen molar-refractivity contribution < 1.29 is 9.21 Å². The van der Waals surface area contributed by atoms with Crippen LogP contribution in [-0.4, -0.2) is 29.4 Å². The van der Waals surface area contributed by atoms with Gasteiger partial charge in [0, 0.05) is 24.2 Å². The summed E-state index contributed by atoms with van der Waals surface area (Å²) >= 11 is 0. The molecule has 158 valence electrons. The molecule has 4 rings (SSSR count). The average molecular weight is 415 g/mol. The summed E-state index contributed by atoms with van der Waals surface area (Å²) in [5.74, 6) is 1.09.